The summed E-state index contributed by atoms with van der Waals surface area (Å²) in [5.74, 6) is -1.53. The molecular weight excluding hydrogens is 297 g/mol. The van der Waals surface area contributed by atoms with Gasteiger partial charge in [0.05, 0.1) is 11.2 Å². The number of anilines is 1. The summed E-state index contributed by atoms with van der Waals surface area (Å²) in [6.45, 7) is 2.68. The summed E-state index contributed by atoms with van der Waals surface area (Å²) < 4.78 is 13.7. The zero-order chi connectivity index (χ0) is 14.8. The number of carbonyl (C=O) groups excluding carboxylic acids is 2. The second-order valence-corrected chi connectivity index (χ2v) is 4.98. The molecule has 4 N–H and O–H groups in total. The molecule has 1 aliphatic rings. The molecule has 1 atom stereocenters. The average molecular weight is 316 g/mol. The maximum Gasteiger partial charge on any atom is 0.248 e. The molecule has 0 radical (unpaired) electrons. The first-order valence-corrected chi connectivity index (χ1v) is 6.64. The molecule has 2 amide bonds. The Kier molecular flexibility index (Phi) is 5.69. The molecule has 1 aromatic carbocycles. The maximum absolute atomic E-state index is 13.7. The van der Waals surface area contributed by atoms with Gasteiger partial charge in [-0.15, -0.1) is 12.4 Å². The van der Waals surface area contributed by atoms with Crippen molar-refractivity contribution >= 4 is 29.9 Å². The Bertz CT molecular complexity index is 545. The number of hydrogen-bond donors (Lipinski definition) is 3. The molecular formula is C14H19ClFN3O2. The van der Waals surface area contributed by atoms with Crippen molar-refractivity contribution in [1.82, 2.24) is 5.32 Å². The molecule has 0 aromatic heterocycles. The minimum absolute atomic E-state index is 0. The van der Waals surface area contributed by atoms with Crippen LogP contribution in [0, 0.1) is 5.82 Å². The van der Waals surface area contributed by atoms with Crippen molar-refractivity contribution in [3.05, 3.63) is 29.6 Å². The van der Waals surface area contributed by atoms with E-state index in [0.717, 1.165) is 19.0 Å². The van der Waals surface area contributed by atoms with Gasteiger partial charge in [-0.3, -0.25) is 9.59 Å². The van der Waals surface area contributed by atoms with Crippen LogP contribution in [-0.4, -0.2) is 23.9 Å². The molecule has 1 aliphatic heterocycles. The lowest BCUT2D eigenvalue weighted by Gasteiger charge is -2.26. The van der Waals surface area contributed by atoms with Crippen molar-refractivity contribution in [2.45, 2.75) is 31.7 Å². The molecule has 0 bridgehead atoms. The molecule has 1 heterocycles. The van der Waals surface area contributed by atoms with Crippen LogP contribution in [0.1, 0.15) is 36.5 Å². The molecule has 0 spiro atoms. The van der Waals surface area contributed by atoms with E-state index in [4.69, 9.17) is 5.73 Å². The zero-order valence-electron chi connectivity index (χ0n) is 11.7. The number of nitrogens with one attached hydrogen (secondary N) is 2. The molecule has 1 fully saturated rings. The topological polar surface area (TPSA) is 84.2 Å². The highest BCUT2D eigenvalue weighted by Gasteiger charge is 2.39. The summed E-state index contributed by atoms with van der Waals surface area (Å²) in [7, 11) is 0. The van der Waals surface area contributed by atoms with Gasteiger partial charge in [-0.25, -0.2) is 4.39 Å². The van der Waals surface area contributed by atoms with E-state index in [0.29, 0.717) is 12.8 Å². The van der Waals surface area contributed by atoms with Crippen molar-refractivity contribution in [3.8, 4) is 0 Å². The molecule has 7 heteroatoms. The standard InChI is InChI=1S/C14H18FN3O2.ClH/c1-2-14(6-3-7-17-14)13(20)18-11-8-9(12(16)19)4-5-10(11)15;/h4-5,8,17H,2-3,6-7H2,1H3,(H2,16,19)(H,18,20);1H. The van der Waals surface area contributed by atoms with Crippen molar-refractivity contribution in [3.63, 3.8) is 0 Å². The van der Waals surface area contributed by atoms with E-state index in [2.05, 4.69) is 10.6 Å². The number of nitrogens with two attached hydrogens (primary N) is 1. The van der Waals surface area contributed by atoms with Crippen molar-refractivity contribution < 1.29 is 14.0 Å². The van der Waals surface area contributed by atoms with Crippen molar-refractivity contribution in [2.75, 3.05) is 11.9 Å². The summed E-state index contributed by atoms with van der Waals surface area (Å²) in [6, 6.07) is 3.67. The Morgan fingerprint density at radius 3 is 2.71 bits per heavy atom. The highest BCUT2D eigenvalue weighted by molar-refractivity contribution is 6.00. The zero-order valence-corrected chi connectivity index (χ0v) is 12.6. The third-order valence-corrected chi connectivity index (χ3v) is 3.78. The van der Waals surface area contributed by atoms with Gasteiger partial charge >= 0.3 is 0 Å². The number of halogens is 2. The minimum atomic E-state index is -0.662. The number of rotatable bonds is 4. The van der Waals surface area contributed by atoms with E-state index in [1.165, 1.54) is 12.1 Å². The third-order valence-electron chi connectivity index (χ3n) is 3.78. The van der Waals surface area contributed by atoms with Gasteiger partial charge in [0.15, 0.2) is 0 Å². The Morgan fingerprint density at radius 1 is 1.48 bits per heavy atom. The minimum Gasteiger partial charge on any atom is -0.366 e. The molecule has 21 heavy (non-hydrogen) atoms. The number of amides is 2. The summed E-state index contributed by atoms with van der Waals surface area (Å²) in [5, 5.41) is 5.73. The molecule has 5 nitrogen and oxygen atoms in total. The first kappa shape index (κ1) is 17.4. The fourth-order valence-corrected chi connectivity index (χ4v) is 2.48. The van der Waals surface area contributed by atoms with Gasteiger partial charge in [0, 0.05) is 5.56 Å². The van der Waals surface area contributed by atoms with E-state index >= 15 is 0 Å². The number of carbonyl (C=O) groups is 2. The quantitative estimate of drug-likeness (QED) is 0.792. The Balaban J connectivity index is 0.00000220. The summed E-state index contributed by atoms with van der Waals surface area (Å²) in [6.07, 6.45) is 2.24. The van der Waals surface area contributed by atoms with E-state index in [1.807, 2.05) is 6.92 Å². The summed E-state index contributed by atoms with van der Waals surface area (Å²) >= 11 is 0. The van der Waals surface area contributed by atoms with Gasteiger partial charge < -0.3 is 16.4 Å². The molecule has 1 saturated heterocycles. The summed E-state index contributed by atoms with van der Waals surface area (Å²) in [4.78, 5) is 23.4. The number of hydrogen-bond acceptors (Lipinski definition) is 3. The highest BCUT2D eigenvalue weighted by atomic mass is 35.5. The maximum atomic E-state index is 13.7. The first-order valence-electron chi connectivity index (χ1n) is 6.64. The van der Waals surface area contributed by atoms with Crippen LogP contribution in [0.15, 0.2) is 18.2 Å². The predicted octanol–water partition coefficient (Wildman–Crippen LogP) is 1.82. The van der Waals surface area contributed by atoms with Gasteiger partial charge in [-0.2, -0.15) is 0 Å². The van der Waals surface area contributed by atoms with Crippen LogP contribution < -0.4 is 16.4 Å². The Hall–Kier alpha value is -1.66. The normalized spacial score (nSPS) is 20.7. The predicted molar refractivity (Wildman–Crippen MR) is 81.1 cm³/mol. The molecule has 0 saturated carbocycles. The number of benzene rings is 1. The van der Waals surface area contributed by atoms with Gasteiger partial charge in [0.2, 0.25) is 11.8 Å². The van der Waals surface area contributed by atoms with Crippen LogP contribution in [0.25, 0.3) is 0 Å². The molecule has 2 rings (SSSR count). The molecule has 1 aromatic rings. The first-order chi connectivity index (χ1) is 9.48. The highest BCUT2D eigenvalue weighted by Crippen LogP contribution is 2.26. The van der Waals surface area contributed by atoms with Gasteiger partial charge in [-0.1, -0.05) is 6.92 Å². The second-order valence-electron chi connectivity index (χ2n) is 4.98. The fraction of sp³-hybridized carbons (Fsp3) is 0.429. The van der Waals surface area contributed by atoms with E-state index in [1.54, 1.807) is 0 Å². The fourth-order valence-electron chi connectivity index (χ4n) is 2.48. The molecule has 0 aliphatic carbocycles. The average Bonchev–Trinajstić information content (AvgIpc) is 2.91. The van der Waals surface area contributed by atoms with Crippen LogP contribution in [0.3, 0.4) is 0 Å². The Morgan fingerprint density at radius 2 is 2.19 bits per heavy atom. The van der Waals surface area contributed by atoms with E-state index in [9.17, 15) is 14.0 Å². The third kappa shape index (κ3) is 3.51. The largest absolute Gasteiger partial charge is 0.366 e. The van der Waals surface area contributed by atoms with Gasteiger partial charge in [0.1, 0.15) is 5.82 Å². The smallest absolute Gasteiger partial charge is 0.248 e. The molecule has 1 unspecified atom stereocenters. The van der Waals surface area contributed by atoms with Crippen molar-refractivity contribution in [2.24, 2.45) is 5.73 Å². The summed E-state index contributed by atoms with van der Waals surface area (Å²) in [5.41, 5.74) is 4.63. The van der Waals surface area contributed by atoms with Crippen molar-refractivity contribution in [1.29, 1.82) is 0 Å². The lowest BCUT2D eigenvalue weighted by Crippen LogP contribution is -2.50. The number of primary amides is 1. The van der Waals surface area contributed by atoms with E-state index in [-0.39, 0.29) is 29.6 Å². The second kappa shape index (κ2) is 6.87. The van der Waals surface area contributed by atoms with Crippen LogP contribution in [-0.2, 0) is 4.79 Å². The molecule has 116 valence electrons. The van der Waals surface area contributed by atoms with Crippen LogP contribution in [0.2, 0.25) is 0 Å². The van der Waals surface area contributed by atoms with Gasteiger partial charge in [-0.05, 0) is 44.0 Å². The van der Waals surface area contributed by atoms with Gasteiger partial charge in [0.25, 0.3) is 0 Å². The van der Waals surface area contributed by atoms with Crippen LogP contribution in [0.5, 0.6) is 0 Å². The lowest BCUT2D eigenvalue weighted by atomic mass is 9.93. The Labute approximate surface area is 128 Å². The van der Waals surface area contributed by atoms with E-state index < -0.39 is 17.3 Å². The van der Waals surface area contributed by atoms with Crippen LogP contribution in [0.4, 0.5) is 10.1 Å². The SMILES string of the molecule is CCC1(C(=O)Nc2cc(C(N)=O)ccc2F)CCCN1.Cl. The lowest BCUT2D eigenvalue weighted by molar-refractivity contribution is -0.122. The monoisotopic (exact) mass is 315 g/mol. The van der Waals surface area contributed by atoms with Crippen LogP contribution >= 0.6 is 12.4 Å².